The van der Waals surface area contributed by atoms with Gasteiger partial charge in [0.1, 0.15) is 18.0 Å². The van der Waals surface area contributed by atoms with Crippen LogP contribution in [0.4, 0.5) is 4.39 Å². The summed E-state index contributed by atoms with van der Waals surface area (Å²) in [7, 11) is 0. The highest BCUT2D eigenvalue weighted by atomic mass is 19.1. The quantitative estimate of drug-likeness (QED) is 0.209. The smallest absolute Gasteiger partial charge is 0.310 e. The number of ketones is 1. The minimum absolute atomic E-state index is 0.0672. The number of alkyl halides is 1. The fraction of sp³-hybridized carbons (Fsp3) is 0.727. The zero-order chi connectivity index (χ0) is 31.7. The van der Waals surface area contributed by atoms with Crippen molar-refractivity contribution in [3.8, 4) is 5.75 Å². The van der Waals surface area contributed by atoms with Gasteiger partial charge in [0, 0.05) is 13.0 Å². The van der Waals surface area contributed by atoms with Gasteiger partial charge in [0.05, 0.1) is 57.5 Å². The van der Waals surface area contributed by atoms with Crippen molar-refractivity contribution in [2.24, 2.45) is 17.8 Å². The third kappa shape index (κ3) is 15.1. The average molecular weight is 610 g/mol. The number of Topliss-reactive ketones (excluding diaryl/α,β-unsaturated/α-hetero) is 1. The van der Waals surface area contributed by atoms with E-state index < -0.39 is 36.1 Å². The Morgan fingerprint density at radius 3 is 2.23 bits per heavy atom. The zero-order valence-corrected chi connectivity index (χ0v) is 26.7. The molecule has 0 fully saturated rings. The topological polar surface area (TPSA) is 109 Å². The number of hydrogen-bond acceptors (Lipinski definition) is 8. The van der Waals surface area contributed by atoms with Crippen molar-refractivity contribution in [3.63, 3.8) is 0 Å². The van der Waals surface area contributed by atoms with Crippen molar-refractivity contribution in [1.82, 2.24) is 5.32 Å². The Labute approximate surface area is 256 Å². The maximum atomic E-state index is 13.9. The van der Waals surface area contributed by atoms with E-state index in [4.69, 9.17) is 23.7 Å². The minimum atomic E-state index is -0.746. The Morgan fingerprint density at radius 2 is 1.63 bits per heavy atom. The third-order valence-electron chi connectivity index (χ3n) is 6.93. The molecule has 0 unspecified atom stereocenters. The molecule has 0 radical (unpaired) electrons. The summed E-state index contributed by atoms with van der Waals surface area (Å²) in [5.41, 5.74) is 0.209. The van der Waals surface area contributed by atoms with E-state index in [0.717, 1.165) is 5.56 Å². The summed E-state index contributed by atoms with van der Waals surface area (Å²) >= 11 is 0. The Bertz CT molecular complexity index is 963. The van der Waals surface area contributed by atoms with Gasteiger partial charge in [0.15, 0.2) is 5.78 Å². The number of halogens is 1. The Balaban J connectivity index is 2.09. The lowest BCUT2D eigenvalue weighted by molar-refractivity contribution is -0.164. The molecule has 1 aromatic rings. The second kappa shape index (κ2) is 19.7. The van der Waals surface area contributed by atoms with Crippen LogP contribution in [0, 0.1) is 17.8 Å². The average Bonchev–Trinajstić information content (AvgIpc) is 2.93. The van der Waals surface area contributed by atoms with Crippen LogP contribution in [-0.4, -0.2) is 82.2 Å². The summed E-state index contributed by atoms with van der Waals surface area (Å²) in [5.74, 6) is -1.23. The predicted molar refractivity (Wildman–Crippen MR) is 162 cm³/mol. The molecular weight excluding hydrogens is 557 g/mol. The van der Waals surface area contributed by atoms with Gasteiger partial charge in [-0.1, -0.05) is 26.0 Å². The lowest BCUT2D eigenvalue weighted by atomic mass is 9.81. The molecule has 3 atom stereocenters. The van der Waals surface area contributed by atoms with Crippen LogP contribution >= 0.6 is 0 Å². The van der Waals surface area contributed by atoms with Crippen molar-refractivity contribution < 1.29 is 42.5 Å². The molecule has 0 spiro atoms. The first-order chi connectivity index (χ1) is 20.5. The van der Waals surface area contributed by atoms with E-state index in [2.05, 4.69) is 5.32 Å². The number of carbonyl (C=O) groups is 3. The number of rotatable bonds is 16. The fourth-order valence-corrected chi connectivity index (χ4v) is 4.92. The highest BCUT2D eigenvalue weighted by Gasteiger charge is 2.38. The molecule has 9 nitrogen and oxygen atoms in total. The molecule has 3 rings (SSSR count). The molecule has 0 saturated carbocycles. The molecule has 0 saturated heterocycles. The molecule has 2 aliphatic rings. The summed E-state index contributed by atoms with van der Waals surface area (Å²) < 4.78 is 39.6. The Kier molecular flexibility index (Phi) is 16.8. The van der Waals surface area contributed by atoms with Gasteiger partial charge in [0.2, 0.25) is 5.91 Å². The SMILES string of the molecule is CC(C)C[C@H]1C(=O)N[C@H](C(=O)CCCOCCOCCOCCF)Cc2ccc(cc2)OCCC[C@@H]1C(=O)OC(C)(C)C. The molecule has 10 heteroatoms. The molecule has 2 heterocycles. The summed E-state index contributed by atoms with van der Waals surface area (Å²) in [6.45, 7) is 11.3. The van der Waals surface area contributed by atoms with E-state index in [1.807, 2.05) is 58.9 Å². The first-order valence-electron chi connectivity index (χ1n) is 15.6. The van der Waals surface area contributed by atoms with Gasteiger partial charge in [-0.3, -0.25) is 14.4 Å². The second-order valence-electron chi connectivity index (χ2n) is 12.4. The number of hydrogen-bond donors (Lipinski definition) is 1. The number of ether oxygens (including phenoxy) is 5. The first kappa shape index (κ1) is 36.6. The summed E-state index contributed by atoms with van der Waals surface area (Å²) in [4.78, 5) is 40.7. The van der Waals surface area contributed by atoms with E-state index in [1.165, 1.54) is 0 Å². The van der Waals surface area contributed by atoms with E-state index in [1.54, 1.807) is 0 Å². The standard InChI is InChI=1S/C33H52FNO8/c1-24(2)22-28-27(32(38)43-33(3,4)5)8-6-16-42-26-12-10-25(11-13-26)23-29(35-31(28)37)30(36)9-7-15-39-18-20-41-21-19-40-17-14-34/h10-13,24,27-29H,6-9,14-23H2,1-5H3,(H,35,37)/t27-,28+,29-/m0/s1. The van der Waals surface area contributed by atoms with Crippen molar-refractivity contribution in [2.45, 2.75) is 84.8 Å². The minimum Gasteiger partial charge on any atom is -0.494 e. The van der Waals surface area contributed by atoms with Gasteiger partial charge in [0.25, 0.3) is 0 Å². The van der Waals surface area contributed by atoms with Crippen molar-refractivity contribution in [3.05, 3.63) is 29.8 Å². The van der Waals surface area contributed by atoms with Gasteiger partial charge in [-0.2, -0.15) is 0 Å². The van der Waals surface area contributed by atoms with Gasteiger partial charge >= 0.3 is 5.97 Å². The molecule has 2 bridgehead atoms. The summed E-state index contributed by atoms with van der Waals surface area (Å²) in [6.07, 6.45) is 2.55. The van der Waals surface area contributed by atoms with E-state index in [0.29, 0.717) is 77.5 Å². The van der Waals surface area contributed by atoms with Crippen LogP contribution < -0.4 is 10.1 Å². The molecule has 2 aliphatic heterocycles. The second-order valence-corrected chi connectivity index (χ2v) is 12.4. The van der Waals surface area contributed by atoms with Crippen LogP contribution in [0.3, 0.4) is 0 Å². The van der Waals surface area contributed by atoms with Gasteiger partial charge < -0.3 is 29.0 Å². The molecule has 1 aromatic carbocycles. The van der Waals surface area contributed by atoms with Crippen molar-refractivity contribution in [2.75, 3.05) is 52.9 Å². The van der Waals surface area contributed by atoms with Crippen LogP contribution in [0.15, 0.2) is 24.3 Å². The highest BCUT2D eigenvalue weighted by Crippen LogP contribution is 2.29. The molecular formula is C33H52FNO8. The third-order valence-corrected chi connectivity index (χ3v) is 6.93. The number of carbonyl (C=O) groups excluding carboxylic acids is 3. The monoisotopic (exact) mass is 609 g/mol. The normalized spacial score (nSPS) is 19.9. The zero-order valence-electron chi connectivity index (χ0n) is 26.7. The lowest BCUT2D eigenvalue weighted by Crippen LogP contribution is -2.48. The van der Waals surface area contributed by atoms with Crippen LogP contribution in [0.25, 0.3) is 0 Å². The first-order valence-corrected chi connectivity index (χ1v) is 15.6. The van der Waals surface area contributed by atoms with Crippen LogP contribution in [0.5, 0.6) is 5.75 Å². The molecule has 43 heavy (non-hydrogen) atoms. The predicted octanol–water partition coefficient (Wildman–Crippen LogP) is 4.88. The molecule has 1 N–H and O–H groups in total. The van der Waals surface area contributed by atoms with Crippen LogP contribution in [-0.2, 0) is 39.8 Å². The van der Waals surface area contributed by atoms with Crippen LogP contribution in [0.2, 0.25) is 0 Å². The molecule has 244 valence electrons. The Morgan fingerprint density at radius 1 is 1.00 bits per heavy atom. The van der Waals surface area contributed by atoms with E-state index in [9.17, 15) is 18.8 Å². The molecule has 0 aliphatic carbocycles. The maximum absolute atomic E-state index is 13.9. The van der Waals surface area contributed by atoms with Gasteiger partial charge in [-0.25, -0.2) is 4.39 Å². The number of benzene rings is 1. The summed E-state index contributed by atoms with van der Waals surface area (Å²) in [5, 5.41) is 3.03. The lowest BCUT2D eigenvalue weighted by Gasteiger charge is -2.31. The van der Waals surface area contributed by atoms with Crippen molar-refractivity contribution >= 4 is 17.7 Å². The van der Waals surface area contributed by atoms with Gasteiger partial charge in [-0.05, 0) is 76.5 Å². The van der Waals surface area contributed by atoms with Crippen molar-refractivity contribution in [1.29, 1.82) is 0 Å². The van der Waals surface area contributed by atoms with E-state index >= 15 is 0 Å². The fourth-order valence-electron chi connectivity index (χ4n) is 4.92. The highest BCUT2D eigenvalue weighted by molar-refractivity contribution is 5.91. The van der Waals surface area contributed by atoms with Gasteiger partial charge in [-0.15, -0.1) is 0 Å². The number of esters is 1. The number of fused-ring (bicyclic) bond motifs is 11. The Hall–Kier alpha value is -2.56. The van der Waals surface area contributed by atoms with Crippen LogP contribution in [0.1, 0.15) is 72.3 Å². The maximum Gasteiger partial charge on any atom is 0.310 e. The molecule has 0 aromatic heterocycles. The van der Waals surface area contributed by atoms with E-state index in [-0.39, 0.29) is 30.6 Å². The number of amides is 1. The molecule has 1 amide bonds. The number of nitrogens with one attached hydrogen (secondary N) is 1. The summed E-state index contributed by atoms with van der Waals surface area (Å²) in [6, 6.07) is 6.80. The largest absolute Gasteiger partial charge is 0.494 e.